The van der Waals surface area contributed by atoms with Crippen molar-refractivity contribution in [2.24, 2.45) is 11.7 Å². The van der Waals surface area contributed by atoms with E-state index < -0.39 is 0 Å². The number of rotatable bonds is 5. The monoisotopic (exact) mass is 367 g/mol. The summed E-state index contributed by atoms with van der Waals surface area (Å²) >= 11 is 0. The van der Waals surface area contributed by atoms with Crippen molar-refractivity contribution in [1.29, 1.82) is 0 Å². The molecule has 3 unspecified atom stereocenters. The number of benzene rings is 1. The molecule has 5 nitrogen and oxygen atoms in total. The fraction of sp³-hybridized carbons (Fsp3) is 0.579. The molecule has 2 amide bonds. The summed E-state index contributed by atoms with van der Waals surface area (Å²) in [6.07, 6.45) is 2.36. The van der Waals surface area contributed by atoms with E-state index >= 15 is 0 Å². The van der Waals surface area contributed by atoms with Crippen LogP contribution < -0.4 is 11.1 Å². The molecule has 1 fully saturated rings. The maximum Gasteiger partial charge on any atom is 0.224 e. The van der Waals surface area contributed by atoms with E-state index in [1.807, 2.05) is 43.0 Å². The second-order valence-electron chi connectivity index (χ2n) is 6.97. The van der Waals surface area contributed by atoms with Gasteiger partial charge in [0.05, 0.1) is 12.5 Å². The summed E-state index contributed by atoms with van der Waals surface area (Å²) in [7, 11) is 0. The van der Waals surface area contributed by atoms with Crippen LogP contribution in [-0.2, 0) is 9.59 Å². The van der Waals surface area contributed by atoms with Crippen molar-refractivity contribution >= 4 is 24.2 Å². The summed E-state index contributed by atoms with van der Waals surface area (Å²) in [6.45, 7) is 7.01. The third-order valence-corrected chi connectivity index (χ3v) is 4.79. The summed E-state index contributed by atoms with van der Waals surface area (Å²) < 4.78 is 0. The van der Waals surface area contributed by atoms with Crippen LogP contribution in [0.15, 0.2) is 24.3 Å². The standard InChI is InChI=1S/C19H29N3O2.ClH/c1-13-6-8-16(9-7-13)18(21-15(3)23)11-19(24)22-10-4-5-17(12-22)14(2)20;/h6-9,14,17-18H,4-5,10-12,20H2,1-3H3,(H,21,23);1H. The number of nitrogens with one attached hydrogen (secondary N) is 1. The van der Waals surface area contributed by atoms with Crippen LogP contribution >= 0.6 is 12.4 Å². The number of carbonyl (C=O) groups excluding carboxylic acids is 2. The van der Waals surface area contributed by atoms with Gasteiger partial charge in [0, 0.05) is 26.1 Å². The number of amides is 2. The van der Waals surface area contributed by atoms with E-state index in [-0.39, 0.29) is 42.7 Å². The van der Waals surface area contributed by atoms with Gasteiger partial charge in [0.1, 0.15) is 0 Å². The maximum atomic E-state index is 12.7. The average Bonchev–Trinajstić information content (AvgIpc) is 2.54. The lowest BCUT2D eigenvalue weighted by atomic mass is 9.91. The first-order chi connectivity index (χ1) is 11.4. The van der Waals surface area contributed by atoms with Crippen molar-refractivity contribution in [3.63, 3.8) is 0 Å². The molecule has 0 saturated carbocycles. The minimum atomic E-state index is -0.286. The predicted octanol–water partition coefficient (Wildman–Crippen LogP) is 2.57. The molecule has 3 N–H and O–H groups in total. The normalized spacial score (nSPS) is 19.5. The smallest absolute Gasteiger partial charge is 0.224 e. The Kier molecular flexibility index (Phi) is 8.39. The Bertz CT molecular complexity index is 575. The number of hydrogen-bond acceptors (Lipinski definition) is 3. The number of nitrogens with two attached hydrogens (primary N) is 1. The number of carbonyl (C=O) groups is 2. The first-order valence-corrected chi connectivity index (χ1v) is 8.74. The van der Waals surface area contributed by atoms with Crippen molar-refractivity contribution in [3.05, 3.63) is 35.4 Å². The molecule has 2 rings (SSSR count). The molecule has 0 aromatic heterocycles. The molecule has 0 aliphatic carbocycles. The molecule has 1 aromatic carbocycles. The van der Waals surface area contributed by atoms with Crippen molar-refractivity contribution < 1.29 is 9.59 Å². The van der Waals surface area contributed by atoms with Crippen LogP contribution in [0.4, 0.5) is 0 Å². The Labute approximate surface area is 156 Å². The van der Waals surface area contributed by atoms with Crippen LogP contribution in [0.25, 0.3) is 0 Å². The van der Waals surface area contributed by atoms with Crippen molar-refractivity contribution in [3.8, 4) is 0 Å². The molecule has 1 heterocycles. The van der Waals surface area contributed by atoms with Crippen LogP contribution in [0, 0.1) is 12.8 Å². The van der Waals surface area contributed by atoms with Crippen LogP contribution in [0.2, 0.25) is 0 Å². The average molecular weight is 368 g/mol. The highest BCUT2D eigenvalue weighted by molar-refractivity contribution is 5.85. The molecule has 140 valence electrons. The number of piperidine rings is 1. The van der Waals surface area contributed by atoms with Gasteiger partial charge in [-0.2, -0.15) is 0 Å². The van der Waals surface area contributed by atoms with E-state index in [0.29, 0.717) is 5.92 Å². The summed E-state index contributed by atoms with van der Waals surface area (Å²) in [6, 6.07) is 7.77. The van der Waals surface area contributed by atoms with E-state index in [9.17, 15) is 9.59 Å². The fourth-order valence-corrected chi connectivity index (χ4v) is 3.27. The van der Waals surface area contributed by atoms with Gasteiger partial charge in [-0.25, -0.2) is 0 Å². The minimum absolute atomic E-state index is 0. The van der Waals surface area contributed by atoms with Gasteiger partial charge in [-0.05, 0) is 38.2 Å². The summed E-state index contributed by atoms with van der Waals surface area (Å²) in [5.41, 5.74) is 8.12. The first-order valence-electron chi connectivity index (χ1n) is 8.74. The Morgan fingerprint density at radius 2 is 1.96 bits per heavy atom. The van der Waals surface area contributed by atoms with Gasteiger partial charge in [0.25, 0.3) is 0 Å². The second-order valence-corrected chi connectivity index (χ2v) is 6.97. The zero-order valence-electron chi connectivity index (χ0n) is 15.3. The van der Waals surface area contributed by atoms with Crippen LogP contribution in [-0.4, -0.2) is 35.8 Å². The van der Waals surface area contributed by atoms with Gasteiger partial charge in [0.15, 0.2) is 0 Å². The highest BCUT2D eigenvalue weighted by atomic mass is 35.5. The molecule has 0 radical (unpaired) electrons. The maximum absolute atomic E-state index is 12.7. The Hall–Kier alpha value is -1.59. The SMILES string of the molecule is CC(=O)NC(CC(=O)N1CCCC(C(C)N)C1)c1ccc(C)cc1.Cl. The van der Waals surface area contributed by atoms with E-state index in [4.69, 9.17) is 5.73 Å². The molecule has 1 aliphatic rings. The van der Waals surface area contributed by atoms with Gasteiger partial charge in [-0.1, -0.05) is 29.8 Å². The second kappa shape index (κ2) is 9.78. The number of aryl methyl sites for hydroxylation is 1. The number of halogens is 1. The van der Waals surface area contributed by atoms with Gasteiger partial charge in [0.2, 0.25) is 11.8 Å². The van der Waals surface area contributed by atoms with E-state index in [1.165, 1.54) is 6.92 Å². The highest BCUT2D eigenvalue weighted by Gasteiger charge is 2.27. The first kappa shape index (κ1) is 21.5. The highest BCUT2D eigenvalue weighted by Crippen LogP contribution is 2.23. The van der Waals surface area contributed by atoms with Crippen LogP contribution in [0.3, 0.4) is 0 Å². The Balaban J connectivity index is 0.00000312. The van der Waals surface area contributed by atoms with Gasteiger partial charge in [-0.3, -0.25) is 9.59 Å². The van der Waals surface area contributed by atoms with Gasteiger partial charge >= 0.3 is 0 Å². The molecule has 0 bridgehead atoms. The number of likely N-dealkylation sites (tertiary alicyclic amines) is 1. The Morgan fingerprint density at radius 3 is 2.52 bits per heavy atom. The van der Waals surface area contributed by atoms with Crippen molar-refractivity contribution in [2.45, 2.75) is 52.1 Å². The van der Waals surface area contributed by atoms with Gasteiger partial charge in [-0.15, -0.1) is 12.4 Å². The quantitative estimate of drug-likeness (QED) is 0.839. The molecular formula is C19H30ClN3O2. The third kappa shape index (κ3) is 6.33. The number of nitrogens with zero attached hydrogens (tertiary/aromatic N) is 1. The zero-order chi connectivity index (χ0) is 17.7. The van der Waals surface area contributed by atoms with Crippen molar-refractivity contribution in [2.75, 3.05) is 13.1 Å². The van der Waals surface area contributed by atoms with Gasteiger partial charge < -0.3 is 16.0 Å². The number of hydrogen-bond donors (Lipinski definition) is 2. The van der Waals surface area contributed by atoms with E-state index in [0.717, 1.165) is 37.1 Å². The molecule has 3 atom stereocenters. The van der Waals surface area contributed by atoms with E-state index in [1.54, 1.807) is 0 Å². The molecule has 25 heavy (non-hydrogen) atoms. The lowest BCUT2D eigenvalue weighted by Crippen LogP contribution is -2.46. The fourth-order valence-electron chi connectivity index (χ4n) is 3.27. The zero-order valence-corrected chi connectivity index (χ0v) is 16.1. The van der Waals surface area contributed by atoms with Crippen LogP contribution in [0.5, 0.6) is 0 Å². The lowest BCUT2D eigenvalue weighted by molar-refractivity contribution is -0.134. The molecule has 1 aromatic rings. The van der Waals surface area contributed by atoms with Crippen LogP contribution in [0.1, 0.15) is 50.3 Å². The molecule has 6 heteroatoms. The molecule has 1 aliphatic heterocycles. The summed E-state index contributed by atoms with van der Waals surface area (Å²) in [5.74, 6) is 0.321. The summed E-state index contributed by atoms with van der Waals surface area (Å²) in [4.78, 5) is 26.2. The molecule has 1 saturated heterocycles. The Morgan fingerprint density at radius 1 is 1.32 bits per heavy atom. The summed E-state index contributed by atoms with van der Waals surface area (Å²) in [5, 5.41) is 2.91. The molecular weight excluding hydrogens is 338 g/mol. The minimum Gasteiger partial charge on any atom is -0.349 e. The largest absolute Gasteiger partial charge is 0.349 e. The van der Waals surface area contributed by atoms with Crippen molar-refractivity contribution in [1.82, 2.24) is 10.2 Å². The lowest BCUT2D eigenvalue weighted by Gasteiger charge is -2.35. The predicted molar refractivity (Wildman–Crippen MR) is 103 cm³/mol. The third-order valence-electron chi connectivity index (χ3n) is 4.79. The molecule has 0 spiro atoms. The van der Waals surface area contributed by atoms with E-state index in [2.05, 4.69) is 5.32 Å². The topological polar surface area (TPSA) is 75.4 Å².